The Morgan fingerprint density at radius 1 is 1.43 bits per heavy atom. The molecule has 0 unspecified atom stereocenters. The summed E-state index contributed by atoms with van der Waals surface area (Å²) >= 11 is 0. The van der Waals surface area contributed by atoms with Crippen LogP contribution in [-0.2, 0) is 0 Å². The Kier molecular flexibility index (Phi) is 3.25. The molecule has 1 aromatic rings. The third-order valence-corrected chi connectivity index (χ3v) is 2.17. The van der Waals surface area contributed by atoms with Crippen molar-refractivity contribution in [3.8, 4) is 0 Å². The Morgan fingerprint density at radius 3 is 2.57 bits per heavy atom. The zero-order chi connectivity index (χ0) is 10.8. The number of aromatic nitrogens is 1. The van der Waals surface area contributed by atoms with Crippen molar-refractivity contribution >= 4 is 0 Å². The van der Waals surface area contributed by atoms with Crippen LogP contribution in [-0.4, -0.2) is 4.98 Å². The summed E-state index contributed by atoms with van der Waals surface area (Å²) in [5, 5.41) is 0. The lowest BCUT2D eigenvalue weighted by molar-refractivity contribution is 0.341. The Hall–Kier alpha value is -0.920. The van der Waals surface area contributed by atoms with Crippen molar-refractivity contribution in [2.24, 2.45) is 5.41 Å². The molecule has 0 aromatic carbocycles. The van der Waals surface area contributed by atoms with Crippen molar-refractivity contribution in [3.05, 3.63) is 29.8 Å². The maximum Gasteiger partial charge on any atom is 0.144 e. The monoisotopic (exact) mass is 195 g/mol. The summed E-state index contributed by atoms with van der Waals surface area (Å²) in [4.78, 5) is 4.09. The SMILES string of the molecule is C[C@@H](CC(C)(C)C)c1ncccc1F. The highest BCUT2D eigenvalue weighted by molar-refractivity contribution is 5.11. The summed E-state index contributed by atoms with van der Waals surface area (Å²) in [6.45, 7) is 8.50. The molecule has 0 saturated heterocycles. The molecule has 0 radical (unpaired) electrons. The van der Waals surface area contributed by atoms with Crippen molar-refractivity contribution in [3.63, 3.8) is 0 Å². The third-order valence-electron chi connectivity index (χ3n) is 2.17. The Balaban J connectivity index is 2.80. The van der Waals surface area contributed by atoms with E-state index in [0.717, 1.165) is 6.42 Å². The second-order valence-corrected chi connectivity index (χ2v) is 5.04. The summed E-state index contributed by atoms with van der Waals surface area (Å²) in [6, 6.07) is 3.10. The van der Waals surface area contributed by atoms with Gasteiger partial charge in [-0.2, -0.15) is 0 Å². The van der Waals surface area contributed by atoms with Crippen LogP contribution in [0.25, 0.3) is 0 Å². The Morgan fingerprint density at radius 2 is 2.07 bits per heavy atom. The highest BCUT2D eigenvalue weighted by Crippen LogP contribution is 2.30. The lowest BCUT2D eigenvalue weighted by atomic mass is 9.84. The number of hydrogen-bond acceptors (Lipinski definition) is 1. The van der Waals surface area contributed by atoms with Gasteiger partial charge in [0.05, 0.1) is 5.69 Å². The Bertz CT molecular complexity index is 301. The van der Waals surface area contributed by atoms with Crippen LogP contribution in [0, 0.1) is 11.2 Å². The van der Waals surface area contributed by atoms with Crippen LogP contribution < -0.4 is 0 Å². The smallest absolute Gasteiger partial charge is 0.144 e. The fourth-order valence-electron chi connectivity index (χ4n) is 1.78. The van der Waals surface area contributed by atoms with E-state index >= 15 is 0 Å². The van der Waals surface area contributed by atoms with Crippen LogP contribution in [0.15, 0.2) is 18.3 Å². The first-order valence-corrected chi connectivity index (χ1v) is 5.00. The summed E-state index contributed by atoms with van der Waals surface area (Å²) in [5.41, 5.74) is 0.797. The van der Waals surface area contributed by atoms with Gasteiger partial charge in [-0.1, -0.05) is 27.7 Å². The summed E-state index contributed by atoms with van der Waals surface area (Å²) in [6.07, 6.45) is 2.60. The quantitative estimate of drug-likeness (QED) is 0.700. The molecule has 0 bridgehead atoms. The van der Waals surface area contributed by atoms with Gasteiger partial charge in [0, 0.05) is 12.1 Å². The van der Waals surface area contributed by atoms with E-state index in [1.807, 2.05) is 6.92 Å². The first-order valence-electron chi connectivity index (χ1n) is 5.00. The molecule has 0 aliphatic heterocycles. The molecular weight excluding hydrogens is 177 g/mol. The first kappa shape index (κ1) is 11.2. The van der Waals surface area contributed by atoms with Gasteiger partial charge in [0.15, 0.2) is 0 Å². The number of halogens is 1. The molecule has 1 heterocycles. The van der Waals surface area contributed by atoms with Crippen molar-refractivity contribution in [2.75, 3.05) is 0 Å². The fourth-order valence-corrected chi connectivity index (χ4v) is 1.78. The fraction of sp³-hybridized carbons (Fsp3) is 0.583. The van der Waals surface area contributed by atoms with Gasteiger partial charge in [0.2, 0.25) is 0 Å². The van der Waals surface area contributed by atoms with E-state index < -0.39 is 0 Å². The highest BCUT2D eigenvalue weighted by atomic mass is 19.1. The Labute approximate surface area is 85.4 Å². The van der Waals surface area contributed by atoms with Crippen molar-refractivity contribution in [1.82, 2.24) is 4.98 Å². The number of rotatable bonds is 2. The van der Waals surface area contributed by atoms with Crippen LogP contribution in [0.3, 0.4) is 0 Å². The van der Waals surface area contributed by atoms with E-state index in [1.165, 1.54) is 6.07 Å². The average Bonchev–Trinajstić information content (AvgIpc) is 2.01. The van der Waals surface area contributed by atoms with Crippen molar-refractivity contribution in [1.29, 1.82) is 0 Å². The molecule has 14 heavy (non-hydrogen) atoms. The van der Waals surface area contributed by atoms with E-state index in [0.29, 0.717) is 5.69 Å². The first-order chi connectivity index (χ1) is 6.40. The molecule has 0 saturated carbocycles. The minimum absolute atomic E-state index is 0.177. The maximum absolute atomic E-state index is 13.4. The van der Waals surface area contributed by atoms with Gasteiger partial charge < -0.3 is 0 Å². The van der Waals surface area contributed by atoms with Crippen LogP contribution in [0.5, 0.6) is 0 Å². The average molecular weight is 195 g/mol. The summed E-state index contributed by atoms with van der Waals surface area (Å²) in [5.74, 6) is -0.0135. The van der Waals surface area contributed by atoms with Gasteiger partial charge >= 0.3 is 0 Å². The molecule has 1 atom stereocenters. The number of pyridine rings is 1. The van der Waals surface area contributed by atoms with Crippen LogP contribution in [0.2, 0.25) is 0 Å². The zero-order valence-corrected chi connectivity index (χ0v) is 9.34. The molecule has 1 nitrogen and oxygen atoms in total. The summed E-state index contributed by atoms with van der Waals surface area (Å²) in [7, 11) is 0. The second-order valence-electron chi connectivity index (χ2n) is 5.04. The molecule has 1 rings (SSSR count). The molecule has 0 aliphatic carbocycles. The van der Waals surface area contributed by atoms with E-state index in [9.17, 15) is 4.39 Å². The molecular formula is C12H18FN. The minimum Gasteiger partial charge on any atom is -0.258 e. The minimum atomic E-state index is -0.191. The number of nitrogens with zero attached hydrogens (tertiary/aromatic N) is 1. The topological polar surface area (TPSA) is 12.9 Å². The van der Waals surface area contributed by atoms with E-state index in [-0.39, 0.29) is 17.2 Å². The molecule has 0 spiro atoms. The van der Waals surface area contributed by atoms with Crippen LogP contribution >= 0.6 is 0 Å². The molecule has 1 aromatic heterocycles. The van der Waals surface area contributed by atoms with Crippen LogP contribution in [0.1, 0.15) is 45.7 Å². The van der Waals surface area contributed by atoms with E-state index in [1.54, 1.807) is 12.3 Å². The molecule has 0 fully saturated rings. The lowest BCUT2D eigenvalue weighted by Crippen LogP contribution is -2.11. The van der Waals surface area contributed by atoms with E-state index in [4.69, 9.17) is 0 Å². The van der Waals surface area contributed by atoms with Gasteiger partial charge in [-0.3, -0.25) is 4.98 Å². The maximum atomic E-state index is 13.4. The van der Waals surface area contributed by atoms with E-state index in [2.05, 4.69) is 25.8 Å². The van der Waals surface area contributed by atoms with Gasteiger partial charge in [-0.05, 0) is 24.0 Å². The van der Waals surface area contributed by atoms with Crippen molar-refractivity contribution in [2.45, 2.75) is 40.0 Å². The van der Waals surface area contributed by atoms with Crippen LogP contribution in [0.4, 0.5) is 4.39 Å². The molecule has 0 aliphatic rings. The third kappa shape index (κ3) is 3.09. The van der Waals surface area contributed by atoms with Gasteiger partial charge in [0.1, 0.15) is 5.82 Å². The van der Waals surface area contributed by atoms with Gasteiger partial charge in [0.25, 0.3) is 0 Å². The normalized spacial score (nSPS) is 14.1. The predicted octanol–water partition coefficient (Wildman–Crippen LogP) is 3.76. The molecule has 2 heteroatoms. The highest BCUT2D eigenvalue weighted by Gasteiger charge is 2.19. The molecule has 0 amide bonds. The molecule has 0 N–H and O–H groups in total. The van der Waals surface area contributed by atoms with Gasteiger partial charge in [-0.25, -0.2) is 4.39 Å². The summed E-state index contributed by atoms with van der Waals surface area (Å²) < 4.78 is 13.4. The molecule has 78 valence electrons. The largest absolute Gasteiger partial charge is 0.258 e. The lowest BCUT2D eigenvalue weighted by Gasteiger charge is -2.22. The van der Waals surface area contributed by atoms with Gasteiger partial charge in [-0.15, -0.1) is 0 Å². The number of hydrogen-bond donors (Lipinski definition) is 0. The predicted molar refractivity (Wildman–Crippen MR) is 56.7 cm³/mol. The standard InChI is InChI=1S/C12H18FN/c1-9(8-12(2,3)4)11-10(13)6-5-7-14-11/h5-7,9H,8H2,1-4H3/t9-/m0/s1. The second kappa shape index (κ2) is 4.07. The zero-order valence-electron chi connectivity index (χ0n) is 9.34. The van der Waals surface area contributed by atoms with Crippen molar-refractivity contribution < 1.29 is 4.39 Å².